The molecule has 0 amide bonds. The molecule has 0 radical (unpaired) electrons. The van der Waals surface area contributed by atoms with Crippen LogP contribution in [-0.2, 0) is 4.79 Å². The molecule has 0 fully saturated rings. The van der Waals surface area contributed by atoms with Crippen molar-refractivity contribution in [1.29, 1.82) is 0 Å². The van der Waals surface area contributed by atoms with Crippen LogP contribution in [0.4, 0.5) is 0 Å². The van der Waals surface area contributed by atoms with E-state index in [0.29, 0.717) is 6.54 Å². The van der Waals surface area contributed by atoms with E-state index in [1.807, 2.05) is 0 Å². The van der Waals surface area contributed by atoms with Crippen LogP contribution < -0.4 is 0 Å². The fourth-order valence-electron chi connectivity index (χ4n) is 0.305. The van der Waals surface area contributed by atoms with Crippen molar-refractivity contribution in [2.24, 2.45) is 4.99 Å². The van der Waals surface area contributed by atoms with E-state index in [1.54, 1.807) is 6.92 Å². The third-order valence-corrected chi connectivity index (χ3v) is 0.705. The summed E-state index contributed by atoms with van der Waals surface area (Å²) in [7, 11) is 0. The molecule has 0 unspecified atom stereocenters. The first-order valence-corrected chi connectivity index (χ1v) is 2.42. The maximum Gasteiger partial charge on any atom is 0.349 e. The monoisotopic (exact) mass is 115 g/mol. The number of carbonyl (C=O) groups is 1. The topological polar surface area (TPSA) is 49.7 Å². The Morgan fingerprint density at radius 1 is 1.75 bits per heavy atom. The highest BCUT2D eigenvalue weighted by atomic mass is 16.4. The molecule has 8 heavy (non-hydrogen) atoms. The minimum absolute atomic E-state index is 0.174. The van der Waals surface area contributed by atoms with E-state index in [4.69, 9.17) is 5.11 Å². The zero-order chi connectivity index (χ0) is 6.57. The molecule has 0 bridgehead atoms. The summed E-state index contributed by atoms with van der Waals surface area (Å²) < 4.78 is 0. The second-order valence-corrected chi connectivity index (χ2v) is 1.36. The molecule has 0 aromatic heterocycles. The Kier molecular flexibility index (Phi) is 2.84. The zero-order valence-electron chi connectivity index (χ0n) is 5.01. The molecule has 0 spiro atoms. The van der Waals surface area contributed by atoms with Gasteiger partial charge >= 0.3 is 5.97 Å². The predicted octanol–water partition coefficient (Wildman–Crippen LogP) is 0.552. The highest BCUT2D eigenvalue weighted by Crippen LogP contribution is 1.75. The highest BCUT2D eigenvalue weighted by molar-refractivity contribution is 6.34. The van der Waals surface area contributed by atoms with Crippen LogP contribution in [-0.4, -0.2) is 23.3 Å². The Morgan fingerprint density at radius 2 is 2.25 bits per heavy atom. The van der Waals surface area contributed by atoms with Gasteiger partial charge in [-0.1, -0.05) is 0 Å². The van der Waals surface area contributed by atoms with Crippen molar-refractivity contribution in [2.75, 3.05) is 6.54 Å². The fraction of sp³-hybridized carbons (Fsp3) is 0.600. The third-order valence-electron chi connectivity index (χ3n) is 0.705. The molecule has 3 nitrogen and oxygen atoms in total. The first kappa shape index (κ1) is 7.14. The normalized spacial score (nSPS) is 11.5. The summed E-state index contributed by atoms with van der Waals surface area (Å²) in [5.74, 6) is -0.938. The fourth-order valence-corrected chi connectivity index (χ4v) is 0.305. The van der Waals surface area contributed by atoms with Gasteiger partial charge in [0.25, 0.3) is 0 Å². The van der Waals surface area contributed by atoms with Crippen LogP contribution >= 0.6 is 0 Å². The molecule has 3 heteroatoms. The standard InChI is InChI=1S/C5H9NO2/c1-3-6-4(2)5(7)8/h3H2,1-2H3,(H,7,8)/b6-4-. The van der Waals surface area contributed by atoms with Crippen molar-refractivity contribution < 1.29 is 9.90 Å². The first-order chi connectivity index (χ1) is 3.68. The molecule has 0 heterocycles. The lowest BCUT2D eigenvalue weighted by Gasteiger charge is -1.86. The summed E-state index contributed by atoms with van der Waals surface area (Å²) in [6.07, 6.45) is 0. The predicted molar refractivity (Wildman–Crippen MR) is 31.3 cm³/mol. The number of aliphatic carboxylic acids is 1. The van der Waals surface area contributed by atoms with Gasteiger partial charge in [-0.05, 0) is 13.8 Å². The number of carboxylic acids is 1. The van der Waals surface area contributed by atoms with Gasteiger partial charge in [-0.2, -0.15) is 0 Å². The summed E-state index contributed by atoms with van der Waals surface area (Å²) in [6, 6.07) is 0. The second kappa shape index (κ2) is 3.18. The van der Waals surface area contributed by atoms with Crippen LogP contribution in [0.2, 0.25) is 0 Å². The molecule has 0 saturated carbocycles. The lowest BCUT2D eigenvalue weighted by Crippen LogP contribution is -2.07. The van der Waals surface area contributed by atoms with E-state index in [-0.39, 0.29) is 5.71 Å². The van der Waals surface area contributed by atoms with E-state index in [2.05, 4.69) is 4.99 Å². The van der Waals surface area contributed by atoms with Gasteiger partial charge < -0.3 is 5.11 Å². The molecule has 0 aliphatic rings. The minimum Gasteiger partial charge on any atom is -0.477 e. The molecular formula is C5H9NO2. The van der Waals surface area contributed by atoms with Gasteiger partial charge in [0.05, 0.1) is 0 Å². The van der Waals surface area contributed by atoms with Crippen LogP contribution in [0, 0.1) is 0 Å². The van der Waals surface area contributed by atoms with Crippen molar-refractivity contribution in [3.63, 3.8) is 0 Å². The molecule has 0 atom stereocenters. The van der Waals surface area contributed by atoms with Crippen molar-refractivity contribution in [1.82, 2.24) is 0 Å². The number of carboxylic acid groups (broad SMARTS) is 1. The van der Waals surface area contributed by atoms with E-state index < -0.39 is 5.97 Å². The Bertz CT molecular complexity index is 118. The van der Waals surface area contributed by atoms with Crippen molar-refractivity contribution in [2.45, 2.75) is 13.8 Å². The van der Waals surface area contributed by atoms with E-state index >= 15 is 0 Å². The molecular weight excluding hydrogens is 106 g/mol. The van der Waals surface area contributed by atoms with Crippen molar-refractivity contribution in [3.8, 4) is 0 Å². The Balaban J connectivity index is 3.80. The van der Waals surface area contributed by atoms with Gasteiger partial charge in [0.1, 0.15) is 5.71 Å². The zero-order valence-corrected chi connectivity index (χ0v) is 5.01. The maximum atomic E-state index is 9.96. The molecule has 0 aromatic carbocycles. The van der Waals surface area contributed by atoms with Crippen LogP contribution in [0.1, 0.15) is 13.8 Å². The number of rotatable bonds is 2. The quantitative estimate of drug-likeness (QED) is 0.534. The van der Waals surface area contributed by atoms with E-state index in [1.165, 1.54) is 6.92 Å². The number of nitrogens with zero attached hydrogens (tertiary/aromatic N) is 1. The largest absolute Gasteiger partial charge is 0.477 e. The number of hydrogen-bond donors (Lipinski definition) is 1. The molecule has 0 rings (SSSR count). The number of aliphatic imine (C=N–C) groups is 1. The first-order valence-electron chi connectivity index (χ1n) is 2.42. The van der Waals surface area contributed by atoms with Crippen molar-refractivity contribution in [3.05, 3.63) is 0 Å². The Morgan fingerprint density at radius 3 is 2.38 bits per heavy atom. The lowest BCUT2D eigenvalue weighted by molar-refractivity contribution is -0.129. The average Bonchev–Trinajstić information content (AvgIpc) is 1.67. The average molecular weight is 115 g/mol. The Hall–Kier alpha value is -0.860. The summed E-state index contributed by atoms with van der Waals surface area (Å²) in [5.41, 5.74) is 0.174. The minimum atomic E-state index is -0.938. The van der Waals surface area contributed by atoms with Crippen LogP contribution in [0.3, 0.4) is 0 Å². The van der Waals surface area contributed by atoms with Gasteiger partial charge in [0, 0.05) is 6.54 Å². The van der Waals surface area contributed by atoms with Crippen LogP contribution in [0.5, 0.6) is 0 Å². The SMILES string of the molecule is CC/N=C(/C)C(=O)O. The lowest BCUT2D eigenvalue weighted by atomic mass is 10.4. The highest BCUT2D eigenvalue weighted by Gasteiger charge is 1.97. The molecule has 0 aliphatic carbocycles. The summed E-state index contributed by atoms with van der Waals surface area (Å²) in [6.45, 7) is 3.82. The second-order valence-electron chi connectivity index (χ2n) is 1.36. The maximum absolute atomic E-state index is 9.96. The molecule has 46 valence electrons. The van der Waals surface area contributed by atoms with Gasteiger partial charge in [0.15, 0.2) is 0 Å². The smallest absolute Gasteiger partial charge is 0.349 e. The number of hydrogen-bond acceptors (Lipinski definition) is 2. The Labute approximate surface area is 48.1 Å². The van der Waals surface area contributed by atoms with Crippen LogP contribution in [0.15, 0.2) is 4.99 Å². The molecule has 0 saturated heterocycles. The molecule has 0 aromatic rings. The third kappa shape index (κ3) is 2.34. The molecule has 1 N–H and O–H groups in total. The summed E-state index contributed by atoms with van der Waals surface area (Å²) >= 11 is 0. The van der Waals surface area contributed by atoms with E-state index in [9.17, 15) is 4.79 Å². The van der Waals surface area contributed by atoms with Gasteiger partial charge in [-0.15, -0.1) is 0 Å². The van der Waals surface area contributed by atoms with Gasteiger partial charge in [-0.25, -0.2) is 4.79 Å². The van der Waals surface area contributed by atoms with Crippen molar-refractivity contribution >= 4 is 11.7 Å². The summed E-state index contributed by atoms with van der Waals surface area (Å²) in [5, 5.41) is 8.18. The van der Waals surface area contributed by atoms with Crippen LogP contribution in [0.25, 0.3) is 0 Å². The van der Waals surface area contributed by atoms with Gasteiger partial charge in [-0.3, -0.25) is 4.99 Å². The summed E-state index contributed by atoms with van der Waals surface area (Å²) in [4.78, 5) is 13.6. The molecule has 0 aliphatic heterocycles. The van der Waals surface area contributed by atoms with E-state index in [0.717, 1.165) is 0 Å². The van der Waals surface area contributed by atoms with Gasteiger partial charge in [0.2, 0.25) is 0 Å².